The van der Waals surface area contributed by atoms with Crippen LogP contribution in [0.2, 0.25) is 0 Å². The van der Waals surface area contributed by atoms with E-state index in [4.69, 9.17) is 10.5 Å². The number of hydrogen-bond acceptors (Lipinski definition) is 4. The fourth-order valence-electron chi connectivity index (χ4n) is 1.98. The predicted octanol–water partition coefficient (Wildman–Crippen LogP) is 4.39. The summed E-state index contributed by atoms with van der Waals surface area (Å²) in [4.78, 5) is 0. The van der Waals surface area contributed by atoms with Gasteiger partial charge in [0.15, 0.2) is 0 Å². The van der Waals surface area contributed by atoms with Gasteiger partial charge < -0.3 is 15.8 Å². The maximum absolute atomic E-state index is 6.11. The number of para-hydroxylation sites is 1. The van der Waals surface area contributed by atoms with E-state index in [9.17, 15) is 0 Å². The largest absolute Gasteiger partial charge is 0.491 e. The van der Waals surface area contributed by atoms with Crippen molar-refractivity contribution < 1.29 is 4.74 Å². The van der Waals surface area contributed by atoms with Crippen molar-refractivity contribution in [3.63, 3.8) is 0 Å². The molecule has 20 heavy (non-hydrogen) atoms. The smallest absolute Gasteiger partial charge is 0.144 e. The van der Waals surface area contributed by atoms with E-state index in [1.807, 2.05) is 30.0 Å². The van der Waals surface area contributed by atoms with E-state index in [1.54, 1.807) is 0 Å². The van der Waals surface area contributed by atoms with E-state index in [-0.39, 0.29) is 0 Å². The Morgan fingerprint density at radius 3 is 2.75 bits per heavy atom. The first-order valence-electron chi connectivity index (χ1n) is 7.53. The van der Waals surface area contributed by atoms with Crippen LogP contribution in [0.1, 0.15) is 39.0 Å². The van der Waals surface area contributed by atoms with Gasteiger partial charge in [0, 0.05) is 6.54 Å². The second-order valence-corrected chi connectivity index (χ2v) is 5.89. The quantitative estimate of drug-likeness (QED) is 0.469. The Morgan fingerprint density at radius 1 is 1.20 bits per heavy atom. The molecular weight excluding hydrogens is 268 g/mol. The lowest BCUT2D eigenvalue weighted by Crippen LogP contribution is -2.06. The van der Waals surface area contributed by atoms with Crippen LogP contribution in [0.5, 0.6) is 5.75 Å². The molecule has 0 heterocycles. The van der Waals surface area contributed by atoms with Crippen LogP contribution in [-0.2, 0) is 0 Å². The zero-order chi connectivity index (χ0) is 14.6. The summed E-state index contributed by atoms with van der Waals surface area (Å²) in [6.45, 7) is 3.78. The molecule has 0 aliphatic rings. The lowest BCUT2D eigenvalue weighted by Gasteiger charge is -2.13. The van der Waals surface area contributed by atoms with E-state index >= 15 is 0 Å². The summed E-state index contributed by atoms with van der Waals surface area (Å²) in [5.41, 5.74) is 7.83. The van der Waals surface area contributed by atoms with E-state index in [1.165, 1.54) is 31.4 Å². The zero-order valence-electron chi connectivity index (χ0n) is 12.8. The Labute approximate surface area is 127 Å². The summed E-state index contributed by atoms with van der Waals surface area (Å²) in [5.74, 6) is 2.06. The number of anilines is 2. The van der Waals surface area contributed by atoms with Crippen molar-refractivity contribution in [3.05, 3.63) is 18.2 Å². The summed E-state index contributed by atoms with van der Waals surface area (Å²) in [7, 11) is 0. The van der Waals surface area contributed by atoms with Gasteiger partial charge in [0.25, 0.3) is 0 Å². The van der Waals surface area contributed by atoms with Gasteiger partial charge in [-0.2, -0.15) is 11.8 Å². The monoisotopic (exact) mass is 296 g/mol. The number of thioether (sulfide) groups is 1. The minimum absolute atomic E-state index is 0.711. The van der Waals surface area contributed by atoms with Crippen LogP contribution in [0.3, 0.4) is 0 Å². The number of unbranched alkanes of at least 4 members (excludes halogenated alkanes) is 3. The highest BCUT2D eigenvalue weighted by molar-refractivity contribution is 7.98. The van der Waals surface area contributed by atoms with Gasteiger partial charge in [-0.25, -0.2) is 0 Å². The SMILES string of the molecule is CCCOc1cccc(NCCCCCCSC)c1N. The summed E-state index contributed by atoms with van der Waals surface area (Å²) in [6, 6.07) is 5.93. The second kappa shape index (κ2) is 10.7. The van der Waals surface area contributed by atoms with Crippen molar-refractivity contribution in [3.8, 4) is 5.75 Å². The van der Waals surface area contributed by atoms with Crippen LogP contribution in [0.25, 0.3) is 0 Å². The van der Waals surface area contributed by atoms with Crippen molar-refractivity contribution in [2.45, 2.75) is 39.0 Å². The molecule has 3 N–H and O–H groups in total. The van der Waals surface area contributed by atoms with Gasteiger partial charge in [-0.1, -0.05) is 25.8 Å². The first-order valence-corrected chi connectivity index (χ1v) is 8.93. The molecule has 114 valence electrons. The molecule has 3 nitrogen and oxygen atoms in total. The molecule has 1 rings (SSSR count). The summed E-state index contributed by atoms with van der Waals surface area (Å²) >= 11 is 1.93. The Balaban J connectivity index is 2.29. The molecule has 1 aromatic rings. The van der Waals surface area contributed by atoms with Gasteiger partial charge in [-0.05, 0) is 43.4 Å². The van der Waals surface area contributed by atoms with Gasteiger partial charge in [-0.3, -0.25) is 0 Å². The number of nitrogens with two attached hydrogens (primary N) is 1. The van der Waals surface area contributed by atoms with Gasteiger partial charge in [0.1, 0.15) is 5.75 Å². The van der Waals surface area contributed by atoms with E-state index in [0.717, 1.165) is 30.1 Å². The molecule has 0 aliphatic heterocycles. The van der Waals surface area contributed by atoms with Gasteiger partial charge >= 0.3 is 0 Å². The normalized spacial score (nSPS) is 10.5. The predicted molar refractivity (Wildman–Crippen MR) is 92.0 cm³/mol. The minimum atomic E-state index is 0.711. The summed E-state index contributed by atoms with van der Waals surface area (Å²) < 4.78 is 5.63. The molecule has 0 aromatic heterocycles. The lowest BCUT2D eigenvalue weighted by atomic mass is 10.2. The zero-order valence-corrected chi connectivity index (χ0v) is 13.6. The third-order valence-electron chi connectivity index (χ3n) is 3.12. The Hall–Kier alpha value is -1.03. The first kappa shape index (κ1) is 17.0. The average molecular weight is 296 g/mol. The van der Waals surface area contributed by atoms with Crippen LogP contribution in [-0.4, -0.2) is 25.2 Å². The van der Waals surface area contributed by atoms with Crippen molar-refractivity contribution >= 4 is 23.1 Å². The molecule has 0 bridgehead atoms. The van der Waals surface area contributed by atoms with Crippen LogP contribution in [0, 0.1) is 0 Å². The van der Waals surface area contributed by atoms with E-state index in [2.05, 4.69) is 18.5 Å². The Bertz CT molecular complexity index is 371. The fraction of sp³-hybridized carbons (Fsp3) is 0.625. The molecule has 0 unspecified atom stereocenters. The lowest BCUT2D eigenvalue weighted by molar-refractivity contribution is 0.319. The molecule has 0 saturated heterocycles. The number of rotatable bonds is 11. The molecule has 0 fully saturated rings. The highest BCUT2D eigenvalue weighted by Crippen LogP contribution is 2.29. The van der Waals surface area contributed by atoms with Gasteiger partial charge in [-0.15, -0.1) is 0 Å². The van der Waals surface area contributed by atoms with Gasteiger partial charge in [0.05, 0.1) is 18.0 Å². The molecule has 4 heteroatoms. The van der Waals surface area contributed by atoms with Crippen LogP contribution in [0.4, 0.5) is 11.4 Å². The second-order valence-electron chi connectivity index (χ2n) is 4.90. The molecule has 0 atom stereocenters. The topological polar surface area (TPSA) is 47.3 Å². The minimum Gasteiger partial charge on any atom is -0.491 e. The van der Waals surface area contributed by atoms with Crippen LogP contribution < -0.4 is 15.8 Å². The Kier molecular flexibility index (Phi) is 9.13. The van der Waals surface area contributed by atoms with Crippen molar-refractivity contribution in [1.29, 1.82) is 0 Å². The van der Waals surface area contributed by atoms with E-state index < -0.39 is 0 Å². The van der Waals surface area contributed by atoms with Crippen LogP contribution in [0.15, 0.2) is 18.2 Å². The molecule has 0 amide bonds. The molecular formula is C16H28N2OS. The third kappa shape index (κ3) is 6.42. The molecule has 1 aromatic carbocycles. The van der Waals surface area contributed by atoms with Crippen LogP contribution >= 0.6 is 11.8 Å². The van der Waals surface area contributed by atoms with Crippen molar-refractivity contribution in [2.75, 3.05) is 36.2 Å². The molecule has 0 radical (unpaired) electrons. The van der Waals surface area contributed by atoms with Crippen molar-refractivity contribution in [2.24, 2.45) is 0 Å². The first-order chi connectivity index (χ1) is 9.79. The summed E-state index contributed by atoms with van der Waals surface area (Å²) in [5, 5.41) is 3.41. The molecule has 0 saturated carbocycles. The maximum atomic E-state index is 6.11. The highest BCUT2D eigenvalue weighted by Gasteiger charge is 2.05. The number of benzene rings is 1. The third-order valence-corrected chi connectivity index (χ3v) is 3.82. The fourth-order valence-corrected chi connectivity index (χ4v) is 2.48. The molecule has 0 spiro atoms. The molecule has 0 aliphatic carbocycles. The number of hydrogen-bond donors (Lipinski definition) is 2. The number of nitrogens with one attached hydrogen (secondary N) is 1. The number of ether oxygens (including phenoxy) is 1. The number of nitrogen functional groups attached to an aromatic ring is 1. The average Bonchev–Trinajstić information content (AvgIpc) is 2.46. The Morgan fingerprint density at radius 2 is 2.00 bits per heavy atom. The summed E-state index contributed by atoms with van der Waals surface area (Å²) in [6.07, 6.45) is 8.26. The maximum Gasteiger partial charge on any atom is 0.144 e. The van der Waals surface area contributed by atoms with Crippen molar-refractivity contribution in [1.82, 2.24) is 0 Å². The van der Waals surface area contributed by atoms with Gasteiger partial charge in [0.2, 0.25) is 0 Å². The standard InChI is InChI=1S/C16H28N2OS/c1-3-12-19-15-10-8-9-14(16(15)17)18-11-6-4-5-7-13-20-2/h8-10,18H,3-7,11-13,17H2,1-2H3. The van der Waals surface area contributed by atoms with E-state index in [0.29, 0.717) is 6.61 Å². The highest BCUT2D eigenvalue weighted by atomic mass is 32.2.